The van der Waals surface area contributed by atoms with Gasteiger partial charge in [-0.25, -0.2) is 13.2 Å². The zero-order chi connectivity index (χ0) is 15.6. The minimum Gasteiger partial charge on any atom is -0.478 e. The third-order valence-corrected chi connectivity index (χ3v) is 6.78. The summed E-state index contributed by atoms with van der Waals surface area (Å²) in [5.74, 6) is -0.708. The van der Waals surface area contributed by atoms with Gasteiger partial charge in [0.25, 0.3) is 0 Å². The van der Waals surface area contributed by atoms with Crippen LogP contribution < -0.4 is 0 Å². The molecule has 0 aromatic heterocycles. The van der Waals surface area contributed by atoms with Crippen LogP contribution in [-0.2, 0) is 9.84 Å². The van der Waals surface area contributed by atoms with Gasteiger partial charge in [0.15, 0.2) is 9.84 Å². The predicted molar refractivity (Wildman–Crippen MR) is 81.6 cm³/mol. The van der Waals surface area contributed by atoms with Crippen molar-refractivity contribution in [2.45, 2.75) is 49.2 Å². The first-order valence-corrected chi connectivity index (χ1v) is 9.05. The van der Waals surface area contributed by atoms with Gasteiger partial charge in [-0.2, -0.15) is 0 Å². The maximum absolute atomic E-state index is 12.7. The highest BCUT2D eigenvalue weighted by atomic mass is 35.5. The van der Waals surface area contributed by atoms with E-state index in [4.69, 9.17) is 16.7 Å². The largest absolute Gasteiger partial charge is 0.478 e. The van der Waals surface area contributed by atoms with Crippen molar-refractivity contribution in [3.05, 3.63) is 28.8 Å². The Balaban J connectivity index is 2.31. The number of halogens is 1. The van der Waals surface area contributed by atoms with Crippen LogP contribution in [0.3, 0.4) is 0 Å². The lowest BCUT2D eigenvalue weighted by Crippen LogP contribution is -2.28. The average molecular weight is 331 g/mol. The zero-order valence-corrected chi connectivity index (χ0v) is 13.5. The third-order valence-electron chi connectivity index (χ3n) is 4.25. The Morgan fingerprint density at radius 1 is 1.38 bits per heavy atom. The third kappa shape index (κ3) is 3.40. The molecule has 4 nitrogen and oxygen atoms in total. The monoisotopic (exact) mass is 330 g/mol. The van der Waals surface area contributed by atoms with E-state index in [-0.39, 0.29) is 20.7 Å². The number of rotatable bonds is 4. The molecular formula is C15H19ClO4S. The van der Waals surface area contributed by atoms with Crippen molar-refractivity contribution in [3.63, 3.8) is 0 Å². The number of carboxylic acids is 1. The van der Waals surface area contributed by atoms with E-state index in [1.165, 1.54) is 18.2 Å². The number of hydrogen-bond donors (Lipinski definition) is 1. The number of carbonyl (C=O) groups is 1. The second-order valence-electron chi connectivity index (χ2n) is 5.55. The lowest BCUT2D eigenvalue weighted by molar-refractivity contribution is 0.0697. The molecule has 1 aliphatic carbocycles. The standard InChI is InChI=1S/C15H19ClO4S/c1-2-10-4-3-5-11(8-10)21(19,20)12-6-7-13(15(17)18)14(16)9-12/h6-7,9-11H,2-5,8H2,1H3,(H,17,18). The van der Waals surface area contributed by atoms with Crippen LogP contribution in [0, 0.1) is 5.92 Å². The minimum atomic E-state index is -3.45. The molecule has 2 unspecified atom stereocenters. The van der Waals surface area contributed by atoms with Crippen LogP contribution in [0.5, 0.6) is 0 Å². The van der Waals surface area contributed by atoms with E-state index in [0.717, 1.165) is 19.3 Å². The van der Waals surface area contributed by atoms with Crippen LogP contribution in [0.15, 0.2) is 23.1 Å². The molecule has 0 aliphatic heterocycles. The molecular weight excluding hydrogens is 312 g/mol. The summed E-state index contributed by atoms with van der Waals surface area (Å²) in [5, 5.41) is 8.52. The van der Waals surface area contributed by atoms with Gasteiger partial charge in [0.1, 0.15) is 0 Å². The highest BCUT2D eigenvalue weighted by molar-refractivity contribution is 7.92. The molecule has 0 amide bonds. The molecule has 0 spiro atoms. The summed E-state index contributed by atoms with van der Waals surface area (Å²) in [6, 6.07) is 3.87. The summed E-state index contributed by atoms with van der Waals surface area (Å²) >= 11 is 5.88. The highest BCUT2D eigenvalue weighted by Crippen LogP contribution is 2.34. The molecule has 0 saturated heterocycles. The van der Waals surface area contributed by atoms with Crippen LogP contribution in [0.4, 0.5) is 0 Å². The van der Waals surface area contributed by atoms with Crippen molar-refractivity contribution in [2.75, 3.05) is 0 Å². The van der Waals surface area contributed by atoms with E-state index in [1.807, 2.05) is 0 Å². The quantitative estimate of drug-likeness (QED) is 0.911. The predicted octanol–water partition coefficient (Wildman–Crippen LogP) is 3.78. The molecule has 2 atom stereocenters. The van der Waals surface area contributed by atoms with Crippen molar-refractivity contribution in [2.24, 2.45) is 5.92 Å². The Kier molecular flexibility index (Phi) is 4.94. The molecule has 1 saturated carbocycles. The van der Waals surface area contributed by atoms with Gasteiger partial charge in [-0.3, -0.25) is 0 Å². The SMILES string of the molecule is CCC1CCCC(S(=O)(=O)c2ccc(C(=O)O)c(Cl)c2)C1. The second-order valence-corrected chi connectivity index (χ2v) is 8.19. The van der Waals surface area contributed by atoms with Crippen molar-refractivity contribution in [3.8, 4) is 0 Å². The first-order chi connectivity index (χ1) is 9.86. The van der Waals surface area contributed by atoms with Gasteiger partial charge < -0.3 is 5.11 Å². The van der Waals surface area contributed by atoms with E-state index >= 15 is 0 Å². The molecule has 0 bridgehead atoms. The zero-order valence-electron chi connectivity index (χ0n) is 11.9. The van der Waals surface area contributed by atoms with Crippen LogP contribution in [-0.4, -0.2) is 24.7 Å². The smallest absolute Gasteiger partial charge is 0.337 e. The fraction of sp³-hybridized carbons (Fsp3) is 0.533. The van der Waals surface area contributed by atoms with Crippen molar-refractivity contribution < 1.29 is 18.3 Å². The average Bonchev–Trinajstić information content (AvgIpc) is 2.46. The van der Waals surface area contributed by atoms with Crippen molar-refractivity contribution in [1.82, 2.24) is 0 Å². The number of carboxylic acid groups (broad SMARTS) is 1. The Labute approximate surface area is 130 Å². The van der Waals surface area contributed by atoms with Gasteiger partial charge in [0, 0.05) is 0 Å². The van der Waals surface area contributed by atoms with Crippen LogP contribution in [0.25, 0.3) is 0 Å². The Morgan fingerprint density at radius 3 is 2.67 bits per heavy atom. The number of benzene rings is 1. The lowest BCUT2D eigenvalue weighted by Gasteiger charge is -2.28. The van der Waals surface area contributed by atoms with Crippen molar-refractivity contribution >= 4 is 27.4 Å². The minimum absolute atomic E-state index is 0.0357. The van der Waals surface area contributed by atoms with E-state index in [1.54, 1.807) is 0 Å². The Bertz CT molecular complexity index is 639. The molecule has 1 fully saturated rings. The molecule has 1 aromatic carbocycles. The molecule has 1 N–H and O–H groups in total. The normalized spacial score (nSPS) is 23.0. The molecule has 116 valence electrons. The van der Waals surface area contributed by atoms with Gasteiger partial charge in [-0.05, 0) is 37.0 Å². The van der Waals surface area contributed by atoms with E-state index in [0.29, 0.717) is 18.8 Å². The van der Waals surface area contributed by atoms with E-state index < -0.39 is 15.8 Å². The van der Waals surface area contributed by atoms with Gasteiger partial charge in [-0.1, -0.05) is 37.8 Å². The van der Waals surface area contributed by atoms with Crippen LogP contribution >= 0.6 is 11.6 Å². The number of hydrogen-bond acceptors (Lipinski definition) is 3. The molecule has 2 rings (SSSR count). The fourth-order valence-electron chi connectivity index (χ4n) is 2.93. The summed E-state index contributed by atoms with van der Waals surface area (Å²) < 4.78 is 25.4. The summed E-state index contributed by atoms with van der Waals surface area (Å²) in [6.07, 6.45) is 4.34. The van der Waals surface area contributed by atoms with E-state index in [2.05, 4.69) is 6.92 Å². The Hall–Kier alpha value is -1.07. The van der Waals surface area contributed by atoms with Gasteiger partial charge in [-0.15, -0.1) is 0 Å². The topological polar surface area (TPSA) is 71.4 Å². The van der Waals surface area contributed by atoms with Crippen LogP contribution in [0.2, 0.25) is 5.02 Å². The molecule has 1 aliphatic rings. The fourth-order valence-corrected chi connectivity index (χ4v) is 5.19. The molecule has 0 radical (unpaired) electrons. The number of aromatic carboxylic acids is 1. The Morgan fingerprint density at radius 2 is 2.10 bits per heavy atom. The molecule has 0 heterocycles. The lowest BCUT2D eigenvalue weighted by atomic mass is 9.87. The maximum atomic E-state index is 12.7. The van der Waals surface area contributed by atoms with Crippen LogP contribution in [0.1, 0.15) is 49.4 Å². The van der Waals surface area contributed by atoms with Gasteiger partial charge in [0.05, 0.1) is 20.7 Å². The maximum Gasteiger partial charge on any atom is 0.337 e. The van der Waals surface area contributed by atoms with Crippen molar-refractivity contribution in [1.29, 1.82) is 0 Å². The first kappa shape index (κ1) is 16.3. The highest BCUT2D eigenvalue weighted by Gasteiger charge is 2.32. The molecule has 6 heteroatoms. The van der Waals surface area contributed by atoms with Gasteiger partial charge >= 0.3 is 5.97 Å². The summed E-state index contributed by atoms with van der Waals surface area (Å²) in [5.41, 5.74) is -0.0781. The summed E-state index contributed by atoms with van der Waals surface area (Å²) in [4.78, 5) is 11.1. The second kappa shape index (κ2) is 6.36. The van der Waals surface area contributed by atoms with E-state index in [9.17, 15) is 13.2 Å². The summed E-state index contributed by atoms with van der Waals surface area (Å²) in [7, 11) is -3.45. The van der Waals surface area contributed by atoms with Gasteiger partial charge in [0.2, 0.25) is 0 Å². The first-order valence-electron chi connectivity index (χ1n) is 7.13. The molecule has 21 heavy (non-hydrogen) atoms. The number of sulfone groups is 1. The summed E-state index contributed by atoms with van der Waals surface area (Å²) in [6.45, 7) is 2.08. The molecule has 1 aromatic rings.